The molecule has 1 aliphatic rings. The average Bonchev–Trinajstić information content (AvgIpc) is 2.28. The number of carbonyl (C=O) groups is 2. The molecule has 0 unspecified atom stereocenters. The van der Waals surface area contributed by atoms with Gasteiger partial charge in [-0.05, 0) is 27.7 Å². The molecule has 0 amide bonds. The standard InChI is InChI=1S/C13H19NO4/c1-5-17-12(15)10-7-11(13(16)18-6-2)9(4)14-8(10)3/h14H,5-7H2,1-4H3/i7D. The van der Waals surface area contributed by atoms with Crippen LogP contribution in [0.2, 0.25) is 0 Å². The Labute approximate surface area is 108 Å². The number of dihydropyridines is 1. The second-order valence-electron chi connectivity index (χ2n) is 3.79. The smallest absolute Gasteiger partial charge is 0.336 e. The Morgan fingerprint density at radius 1 is 1.11 bits per heavy atom. The Bertz CT molecular complexity index is 414. The first kappa shape index (κ1) is 12.7. The first-order valence-electron chi connectivity index (χ1n) is 6.46. The Morgan fingerprint density at radius 2 is 1.50 bits per heavy atom. The fourth-order valence-electron chi connectivity index (χ4n) is 1.62. The number of nitrogens with one attached hydrogen (secondary N) is 1. The van der Waals surface area contributed by atoms with Gasteiger partial charge in [0.1, 0.15) is 0 Å². The van der Waals surface area contributed by atoms with Gasteiger partial charge in [-0.3, -0.25) is 0 Å². The monoisotopic (exact) mass is 254 g/mol. The van der Waals surface area contributed by atoms with E-state index < -0.39 is 18.3 Å². The summed E-state index contributed by atoms with van der Waals surface area (Å²) in [5, 5.41) is 2.93. The Hall–Kier alpha value is -1.78. The van der Waals surface area contributed by atoms with E-state index in [1.165, 1.54) is 0 Å². The van der Waals surface area contributed by atoms with Crippen LogP contribution in [0.1, 0.15) is 35.5 Å². The number of hydrogen-bond donors (Lipinski definition) is 1. The molecular weight excluding hydrogens is 234 g/mol. The van der Waals surface area contributed by atoms with Gasteiger partial charge in [0.25, 0.3) is 0 Å². The molecule has 0 saturated heterocycles. The molecule has 5 nitrogen and oxygen atoms in total. The minimum Gasteiger partial charge on any atom is -0.463 e. The van der Waals surface area contributed by atoms with Crippen molar-refractivity contribution in [3.8, 4) is 0 Å². The predicted octanol–water partition coefficient (Wildman–Crippen LogP) is 1.65. The van der Waals surface area contributed by atoms with E-state index in [4.69, 9.17) is 10.8 Å². The minimum absolute atomic E-state index is 0.149. The Balaban J connectivity index is 3.08. The van der Waals surface area contributed by atoms with Gasteiger partial charge in [-0.15, -0.1) is 0 Å². The van der Waals surface area contributed by atoms with Crippen LogP contribution in [0.15, 0.2) is 22.5 Å². The van der Waals surface area contributed by atoms with E-state index in [-0.39, 0.29) is 24.4 Å². The summed E-state index contributed by atoms with van der Waals surface area (Å²) in [7, 11) is 0. The maximum atomic E-state index is 11.8. The molecular formula is C13H19NO4. The number of ether oxygens (including phenoxy) is 2. The van der Waals surface area contributed by atoms with Crippen LogP contribution in [0.5, 0.6) is 0 Å². The number of rotatable bonds is 4. The normalized spacial score (nSPS) is 17.2. The summed E-state index contributed by atoms with van der Waals surface area (Å²) in [5.74, 6) is -1.16. The molecule has 0 aromatic carbocycles. The maximum absolute atomic E-state index is 11.8. The molecule has 0 aromatic heterocycles. The zero-order valence-electron chi connectivity index (χ0n) is 12.1. The van der Waals surface area contributed by atoms with Crippen molar-refractivity contribution >= 4 is 11.9 Å². The lowest BCUT2D eigenvalue weighted by molar-refractivity contribution is -0.139. The highest BCUT2D eigenvalue weighted by Gasteiger charge is 2.26. The second kappa shape index (κ2) is 6.23. The molecule has 1 aliphatic heterocycles. The van der Waals surface area contributed by atoms with Crippen LogP contribution in [-0.2, 0) is 19.1 Å². The summed E-state index contributed by atoms with van der Waals surface area (Å²) in [6.07, 6.45) is -1.08. The molecule has 0 atom stereocenters. The van der Waals surface area contributed by atoms with Crippen molar-refractivity contribution in [2.45, 2.75) is 34.1 Å². The molecule has 0 spiro atoms. The first-order chi connectivity index (χ1) is 8.93. The molecule has 0 bridgehead atoms. The van der Waals surface area contributed by atoms with Crippen LogP contribution in [0.25, 0.3) is 0 Å². The number of allylic oxidation sites excluding steroid dienone is 2. The van der Waals surface area contributed by atoms with Crippen LogP contribution in [-0.4, -0.2) is 25.2 Å². The highest BCUT2D eigenvalue weighted by Crippen LogP contribution is 2.24. The van der Waals surface area contributed by atoms with E-state index in [0.717, 1.165) is 0 Å². The number of carbonyl (C=O) groups excluding carboxylic acids is 2. The third-order valence-corrected chi connectivity index (χ3v) is 2.46. The second-order valence-corrected chi connectivity index (χ2v) is 3.79. The van der Waals surface area contributed by atoms with Crippen molar-refractivity contribution in [1.82, 2.24) is 5.32 Å². The molecule has 0 aromatic rings. The van der Waals surface area contributed by atoms with E-state index in [1.54, 1.807) is 27.7 Å². The molecule has 1 N–H and O–H groups in total. The van der Waals surface area contributed by atoms with Gasteiger partial charge >= 0.3 is 11.9 Å². The van der Waals surface area contributed by atoms with Gasteiger partial charge in [0.15, 0.2) is 0 Å². The average molecular weight is 254 g/mol. The van der Waals surface area contributed by atoms with Gasteiger partial charge in [0, 0.05) is 19.2 Å². The van der Waals surface area contributed by atoms with Gasteiger partial charge < -0.3 is 14.8 Å². The molecule has 0 aliphatic carbocycles. The summed E-state index contributed by atoms with van der Waals surface area (Å²) in [6.45, 7) is 7.19. The summed E-state index contributed by atoms with van der Waals surface area (Å²) < 4.78 is 17.9. The van der Waals surface area contributed by atoms with Crippen LogP contribution in [0.4, 0.5) is 0 Å². The summed E-state index contributed by atoms with van der Waals surface area (Å²) >= 11 is 0. The molecule has 0 fully saturated rings. The maximum Gasteiger partial charge on any atom is 0.336 e. The van der Waals surface area contributed by atoms with Crippen molar-refractivity contribution < 1.29 is 20.4 Å². The summed E-state index contributed by atoms with van der Waals surface area (Å²) in [5.41, 5.74) is 1.36. The van der Waals surface area contributed by atoms with E-state index in [0.29, 0.717) is 11.4 Å². The van der Waals surface area contributed by atoms with Crippen LogP contribution in [0, 0.1) is 0 Å². The number of esters is 2. The highest BCUT2D eigenvalue weighted by molar-refractivity contribution is 5.96. The third kappa shape index (κ3) is 3.12. The Kier molecular flexibility index (Phi) is 4.39. The van der Waals surface area contributed by atoms with Crippen molar-refractivity contribution in [1.29, 1.82) is 0 Å². The van der Waals surface area contributed by atoms with Gasteiger partial charge in [-0.25, -0.2) is 9.59 Å². The molecule has 1 heterocycles. The quantitative estimate of drug-likeness (QED) is 0.773. The SMILES string of the molecule is [2H]C1C(C(=O)OCC)=C(C)NC(C)=C1C(=O)OCC. The fraction of sp³-hybridized carbons (Fsp3) is 0.538. The van der Waals surface area contributed by atoms with E-state index in [2.05, 4.69) is 5.32 Å². The lowest BCUT2D eigenvalue weighted by Crippen LogP contribution is -2.26. The minimum atomic E-state index is -1.08. The van der Waals surface area contributed by atoms with Gasteiger partial charge in [-0.1, -0.05) is 0 Å². The molecule has 1 rings (SSSR count). The molecule has 18 heavy (non-hydrogen) atoms. The van der Waals surface area contributed by atoms with Gasteiger partial charge in [0.05, 0.1) is 24.4 Å². The predicted molar refractivity (Wildman–Crippen MR) is 66.4 cm³/mol. The van der Waals surface area contributed by atoms with Crippen molar-refractivity contribution in [2.75, 3.05) is 13.2 Å². The third-order valence-electron chi connectivity index (χ3n) is 2.46. The zero-order valence-corrected chi connectivity index (χ0v) is 11.1. The van der Waals surface area contributed by atoms with Crippen LogP contribution >= 0.6 is 0 Å². The zero-order chi connectivity index (χ0) is 14.6. The lowest BCUT2D eigenvalue weighted by atomic mass is 9.98. The van der Waals surface area contributed by atoms with Crippen LogP contribution in [0.3, 0.4) is 0 Å². The van der Waals surface area contributed by atoms with E-state index in [9.17, 15) is 9.59 Å². The van der Waals surface area contributed by atoms with Crippen LogP contribution < -0.4 is 5.32 Å². The van der Waals surface area contributed by atoms with Gasteiger partial charge in [-0.2, -0.15) is 0 Å². The van der Waals surface area contributed by atoms with Crippen molar-refractivity contribution in [3.05, 3.63) is 22.5 Å². The van der Waals surface area contributed by atoms with Crippen molar-refractivity contribution in [3.63, 3.8) is 0 Å². The Morgan fingerprint density at radius 3 is 1.83 bits per heavy atom. The van der Waals surface area contributed by atoms with E-state index >= 15 is 0 Å². The molecule has 0 radical (unpaired) electrons. The molecule has 0 saturated carbocycles. The summed E-state index contributed by atoms with van der Waals surface area (Å²) in [4.78, 5) is 23.7. The highest BCUT2D eigenvalue weighted by atomic mass is 16.5. The fourth-order valence-corrected chi connectivity index (χ4v) is 1.62. The first-order valence-corrected chi connectivity index (χ1v) is 5.89. The largest absolute Gasteiger partial charge is 0.463 e. The van der Waals surface area contributed by atoms with Gasteiger partial charge in [0.2, 0.25) is 0 Å². The van der Waals surface area contributed by atoms with Crippen molar-refractivity contribution in [2.24, 2.45) is 0 Å². The molecule has 100 valence electrons. The topological polar surface area (TPSA) is 64.6 Å². The molecule has 5 heteroatoms. The summed E-state index contributed by atoms with van der Waals surface area (Å²) in [6, 6.07) is 0. The lowest BCUT2D eigenvalue weighted by Gasteiger charge is -2.22. The van der Waals surface area contributed by atoms with E-state index in [1.807, 2.05) is 0 Å². The number of hydrogen-bond acceptors (Lipinski definition) is 5.